The number of carbonyl (C=O) groups is 3. The summed E-state index contributed by atoms with van der Waals surface area (Å²) in [7, 11) is 0. The Morgan fingerprint density at radius 2 is 1.79 bits per heavy atom. The van der Waals surface area contributed by atoms with Gasteiger partial charge in [-0.05, 0) is 56.4 Å². The summed E-state index contributed by atoms with van der Waals surface area (Å²) in [5.41, 5.74) is 1.67. The van der Waals surface area contributed by atoms with Crippen molar-refractivity contribution in [2.24, 2.45) is 17.8 Å². The first kappa shape index (κ1) is 18.1. The van der Waals surface area contributed by atoms with Gasteiger partial charge in [0.25, 0.3) is 5.91 Å². The maximum Gasteiger partial charge on any atom is 0.254 e. The van der Waals surface area contributed by atoms with Crippen LogP contribution in [0.5, 0.6) is 0 Å². The molecule has 0 aromatic carbocycles. The van der Waals surface area contributed by atoms with Crippen LogP contribution in [0.15, 0.2) is 0 Å². The fraction of sp³-hybridized carbons (Fsp3) is 0.682. The fourth-order valence-electron chi connectivity index (χ4n) is 5.78. The third kappa shape index (κ3) is 2.59. The van der Waals surface area contributed by atoms with Gasteiger partial charge in [0.15, 0.2) is 0 Å². The number of thiophene rings is 1. The van der Waals surface area contributed by atoms with E-state index in [1.54, 1.807) is 0 Å². The largest absolute Gasteiger partial charge is 0.373 e. The smallest absolute Gasteiger partial charge is 0.254 e. The molecule has 3 aliphatic heterocycles. The first-order valence-corrected chi connectivity index (χ1v) is 11.9. The molecule has 4 fully saturated rings. The summed E-state index contributed by atoms with van der Waals surface area (Å²) < 4.78 is 5.87. The van der Waals surface area contributed by atoms with Crippen molar-refractivity contribution in [1.29, 1.82) is 0 Å². The average Bonchev–Trinajstić information content (AvgIpc) is 3.07. The van der Waals surface area contributed by atoms with E-state index in [9.17, 15) is 14.4 Å². The van der Waals surface area contributed by atoms with Crippen molar-refractivity contribution in [3.05, 3.63) is 16.0 Å². The van der Waals surface area contributed by atoms with E-state index in [2.05, 4.69) is 12.2 Å². The summed E-state index contributed by atoms with van der Waals surface area (Å²) in [6.45, 7) is 2.20. The minimum Gasteiger partial charge on any atom is -0.373 e. The quantitative estimate of drug-likeness (QED) is 0.769. The molecule has 1 aromatic heterocycles. The Kier molecular flexibility index (Phi) is 3.98. The molecule has 1 aromatic rings. The molecule has 154 valence electrons. The van der Waals surface area contributed by atoms with Gasteiger partial charge < -0.3 is 10.1 Å². The number of rotatable bonds is 4. The van der Waals surface area contributed by atoms with Gasteiger partial charge in [-0.25, -0.2) is 4.90 Å². The zero-order valence-electron chi connectivity index (χ0n) is 16.6. The second kappa shape index (κ2) is 6.38. The standard InChI is InChI=1S/C22H26N2O4S/c1-2-10-3-6-12-15(9-10)29-22(16(12)19(25)23-11-4-5-11)24-20(26)17-13-7-8-14(28-13)18(17)21(24)27/h10-11,13-14,17-18H,2-9H2,1H3,(H,23,25)/t10-,13-,14+,17-,18-/m0/s1. The van der Waals surface area contributed by atoms with Crippen LogP contribution in [0.4, 0.5) is 5.00 Å². The molecule has 2 aliphatic carbocycles. The second-order valence-corrected chi connectivity index (χ2v) is 10.4. The molecule has 0 spiro atoms. The molecule has 29 heavy (non-hydrogen) atoms. The number of ether oxygens (including phenoxy) is 1. The number of imide groups is 1. The Hall–Kier alpha value is -1.73. The van der Waals surface area contributed by atoms with E-state index in [0.29, 0.717) is 16.5 Å². The van der Waals surface area contributed by atoms with Gasteiger partial charge in [-0.2, -0.15) is 0 Å². The van der Waals surface area contributed by atoms with Crippen LogP contribution in [-0.4, -0.2) is 36.0 Å². The molecule has 6 nitrogen and oxygen atoms in total. The van der Waals surface area contributed by atoms with Crippen molar-refractivity contribution in [2.45, 2.75) is 76.5 Å². The Morgan fingerprint density at radius 1 is 1.10 bits per heavy atom. The average molecular weight is 415 g/mol. The van der Waals surface area contributed by atoms with Gasteiger partial charge in [-0.15, -0.1) is 11.3 Å². The van der Waals surface area contributed by atoms with Gasteiger partial charge in [0.2, 0.25) is 11.8 Å². The summed E-state index contributed by atoms with van der Waals surface area (Å²) in [5, 5.41) is 3.68. The number of carbonyl (C=O) groups excluding carboxylic acids is 3. The van der Waals surface area contributed by atoms with Crippen molar-refractivity contribution in [3.8, 4) is 0 Å². The van der Waals surface area contributed by atoms with Crippen LogP contribution in [0.1, 0.15) is 66.2 Å². The summed E-state index contributed by atoms with van der Waals surface area (Å²) in [5.74, 6) is -0.517. The topological polar surface area (TPSA) is 75.7 Å². The van der Waals surface area contributed by atoms with Crippen molar-refractivity contribution >= 4 is 34.1 Å². The van der Waals surface area contributed by atoms with E-state index in [0.717, 1.165) is 56.9 Å². The van der Waals surface area contributed by atoms with Crippen LogP contribution in [0, 0.1) is 17.8 Å². The predicted molar refractivity (Wildman–Crippen MR) is 108 cm³/mol. The second-order valence-electron chi connectivity index (χ2n) is 9.30. The molecular weight excluding hydrogens is 388 g/mol. The molecule has 0 radical (unpaired) electrons. The molecule has 4 heterocycles. The molecule has 2 bridgehead atoms. The molecular formula is C22H26N2O4S. The van der Waals surface area contributed by atoms with Crippen LogP contribution >= 0.6 is 11.3 Å². The molecule has 3 saturated heterocycles. The van der Waals surface area contributed by atoms with Crippen molar-refractivity contribution in [1.82, 2.24) is 5.32 Å². The maximum absolute atomic E-state index is 13.3. The number of fused-ring (bicyclic) bond motifs is 6. The number of hydrogen-bond acceptors (Lipinski definition) is 5. The molecule has 6 rings (SSSR count). The van der Waals surface area contributed by atoms with E-state index >= 15 is 0 Å². The summed E-state index contributed by atoms with van der Waals surface area (Å²) in [6.07, 6.45) is 7.45. The highest BCUT2D eigenvalue weighted by molar-refractivity contribution is 7.17. The third-order valence-electron chi connectivity index (χ3n) is 7.55. The van der Waals surface area contributed by atoms with Crippen LogP contribution in [0.2, 0.25) is 0 Å². The Labute approximate surface area is 174 Å². The minimum absolute atomic E-state index is 0.105. The number of hydrogen-bond donors (Lipinski definition) is 1. The lowest BCUT2D eigenvalue weighted by Crippen LogP contribution is -2.36. The zero-order chi connectivity index (χ0) is 19.9. The first-order chi connectivity index (χ1) is 14.1. The molecule has 1 saturated carbocycles. The minimum atomic E-state index is -0.358. The van der Waals surface area contributed by atoms with Crippen LogP contribution in [0.25, 0.3) is 0 Å². The lowest BCUT2D eigenvalue weighted by molar-refractivity contribution is -0.124. The fourth-order valence-corrected chi connectivity index (χ4v) is 7.25. The highest BCUT2D eigenvalue weighted by Gasteiger charge is 2.63. The van der Waals surface area contributed by atoms with E-state index in [1.807, 2.05) is 0 Å². The van der Waals surface area contributed by atoms with Crippen molar-refractivity contribution in [2.75, 3.05) is 4.90 Å². The SMILES string of the molecule is CC[C@H]1CCc2c(sc(N3C(=O)[C@@H]4[C@@H](C3=O)[C@H]3CC[C@@H]4O3)c2C(=O)NC2CC2)C1. The van der Waals surface area contributed by atoms with Crippen molar-refractivity contribution in [3.63, 3.8) is 0 Å². The maximum atomic E-state index is 13.3. The Bertz CT molecular complexity index is 892. The van der Waals surface area contributed by atoms with Gasteiger partial charge in [-0.1, -0.05) is 13.3 Å². The van der Waals surface area contributed by atoms with Crippen molar-refractivity contribution < 1.29 is 19.1 Å². The van der Waals surface area contributed by atoms with Crippen LogP contribution in [-0.2, 0) is 27.2 Å². The molecule has 1 N–H and O–H groups in total. The normalized spacial score (nSPS) is 35.2. The molecule has 0 unspecified atom stereocenters. The highest BCUT2D eigenvalue weighted by Crippen LogP contribution is 2.52. The van der Waals surface area contributed by atoms with E-state index in [-0.39, 0.29) is 47.8 Å². The number of nitrogens with zero attached hydrogens (tertiary/aromatic N) is 1. The molecule has 5 atom stereocenters. The number of amides is 3. The molecule has 7 heteroatoms. The van der Waals surface area contributed by atoms with Gasteiger partial charge >= 0.3 is 0 Å². The monoisotopic (exact) mass is 414 g/mol. The lowest BCUT2D eigenvalue weighted by atomic mass is 9.81. The summed E-state index contributed by atoms with van der Waals surface area (Å²) in [4.78, 5) is 42.4. The van der Waals surface area contributed by atoms with E-state index in [1.165, 1.54) is 21.1 Å². The van der Waals surface area contributed by atoms with E-state index in [4.69, 9.17) is 4.74 Å². The zero-order valence-corrected chi connectivity index (χ0v) is 17.4. The van der Waals surface area contributed by atoms with Gasteiger partial charge in [0, 0.05) is 10.9 Å². The van der Waals surface area contributed by atoms with Gasteiger partial charge in [0.1, 0.15) is 5.00 Å². The highest BCUT2D eigenvalue weighted by atomic mass is 32.1. The number of anilines is 1. The van der Waals surface area contributed by atoms with Gasteiger partial charge in [-0.3, -0.25) is 14.4 Å². The molecule has 5 aliphatic rings. The molecule has 3 amide bonds. The first-order valence-electron chi connectivity index (χ1n) is 11.1. The van der Waals surface area contributed by atoms with Crippen LogP contribution < -0.4 is 10.2 Å². The van der Waals surface area contributed by atoms with E-state index < -0.39 is 0 Å². The summed E-state index contributed by atoms with van der Waals surface area (Å²) >= 11 is 1.51. The Balaban J connectivity index is 1.42. The lowest BCUT2D eigenvalue weighted by Gasteiger charge is -2.21. The number of nitrogens with one attached hydrogen (secondary N) is 1. The predicted octanol–water partition coefficient (Wildman–Crippen LogP) is 2.82. The Morgan fingerprint density at radius 3 is 2.41 bits per heavy atom. The van der Waals surface area contributed by atoms with Crippen LogP contribution in [0.3, 0.4) is 0 Å². The van der Waals surface area contributed by atoms with Gasteiger partial charge in [0.05, 0.1) is 29.6 Å². The third-order valence-corrected chi connectivity index (χ3v) is 8.79. The summed E-state index contributed by atoms with van der Waals surface area (Å²) in [6, 6.07) is 0.242.